The van der Waals surface area contributed by atoms with Gasteiger partial charge in [0, 0.05) is 16.9 Å². The van der Waals surface area contributed by atoms with Gasteiger partial charge in [0.05, 0.1) is 5.69 Å². The van der Waals surface area contributed by atoms with E-state index in [0.29, 0.717) is 0 Å². The van der Waals surface area contributed by atoms with Gasteiger partial charge in [0.25, 0.3) is 0 Å². The first-order valence-electron chi connectivity index (χ1n) is 16.6. The molecule has 3 aliphatic carbocycles. The van der Waals surface area contributed by atoms with Crippen molar-refractivity contribution in [3.8, 4) is 33.4 Å². The maximum atomic E-state index is 2.48. The van der Waals surface area contributed by atoms with E-state index in [2.05, 4.69) is 169 Å². The van der Waals surface area contributed by atoms with Gasteiger partial charge < -0.3 is 4.90 Å². The van der Waals surface area contributed by atoms with Crippen LogP contribution in [0.5, 0.6) is 0 Å². The molecule has 3 aliphatic rings. The van der Waals surface area contributed by atoms with E-state index in [0.717, 1.165) is 29.9 Å². The summed E-state index contributed by atoms with van der Waals surface area (Å²) >= 11 is 0. The summed E-state index contributed by atoms with van der Waals surface area (Å²) in [4.78, 5) is 2.44. The lowest BCUT2D eigenvalue weighted by Crippen LogP contribution is -2.12. The van der Waals surface area contributed by atoms with E-state index in [4.69, 9.17) is 0 Å². The Morgan fingerprint density at radius 1 is 0.426 bits per heavy atom. The number of allylic oxidation sites excluding steroid dienone is 4. The molecule has 220 valence electrons. The van der Waals surface area contributed by atoms with Gasteiger partial charge in [-0.1, -0.05) is 133 Å². The van der Waals surface area contributed by atoms with Crippen LogP contribution in [-0.4, -0.2) is 0 Å². The number of para-hydroxylation sites is 2. The monoisotopic (exact) mass is 597 g/mol. The minimum absolute atomic E-state index is 1.06. The molecule has 0 unspecified atom stereocenters. The number of nitrogens with zero attached hydrogens (tertiary/aromatic N) is 1. The highest BCUT2D eigenvalue weighted by Crippen LogP contribution is 2.58. The van der Waals surface area contributed by atoms with Crippen LogP contribution in [0, 0.1) is 0 Å². The third-order valence-corrected chi connectivity index (χ3v) is 10.3. The van der Waals surface area contributed by atoms with E-state index in [9.17, 15) is 0 Å². The molecule has 0 atom stereocenters. The summed E-state index contributed by atoms with van der Waals surface area (Å²) in [6.45, 7) is 0. The van der Waals surface area contributed by atoms with Crippen LogP contribution in [-0.2, 0) is 0 Å². The molecule has 6 bridgehead atoms. The van der Waals surface area contributed by atoms with Crippen LogP contribution < -0.4 is 4.90 Å². The Morgan fingerprint density at radius 3 is 2.02 bits per heavy atom. The van der Waals surface area contributed by atoms with E-state index in [1.165, 1.54) is 77.6 Å². The van der Waals surface area contributed by atoms with Gasteiger partial charge >= 0.3 is 0 Å². The van der Waals surface area contributed by atoms with Crippen molar-refractivity contribution in [3.63, 3.8) is 0 Å². The van der Waals surface area contributed by atoms with Gasteiger partial charge in [-0.3, -0.25) is 0 Å². The Balaban J connectivity index is 1.25. The SMILES string of the molecule is C1=C2C3=C(CC1)c1ccccc1-c1c2cccc1-c1cc(N(c2ccccc2)c2ccccc2-c2cccc4ccccc24)ccc13. The molecular formula is C46H31N. The van der Waals surface area contributed by atoms with Gasteiger partial charge in [-0.2, -0.15) is 0 Å². The van der Waals surface area contributed by atoms with Crippen molar-refractivity contribution in [1.82, 2.24) is 0 Å². The predicted molar refractivity (Wildman–Crippen MR) is 199 cm³/mol. The molecule has 7 aromatic rings. The van der Waals surface area contributed by atoms with E-state index in [-0.39, 0.29) is 0 Å². The highest BCUT2D eigenvalue weighted by atomic mass is 15.1. The Labute approximate surface area is 275 Å². The number of hydrogen-bond acceptors (Lipinski definition) is 1. The first kappa shape index (κ1) is 26.3. The predicted octanol–water partition coefficient (Wildman–Crippen LogP) is 12.7. The van der Waals surface area contributed by atoms with Crippen LogP contribution >= 0.6 is 0 Å². The van der Waals surface area contributed by atoms with Crippen molar-refractivity contribution in [1.29, 1.82) is 0 Å². The molecule has 0 aromatic heterocycles. The lowest BCUT2D eigenvalue weighted by atomic mass is 9.80. The zero-order valence-corrected chi connectivity index (χ0v) is 25.9. The second kappa shape index (κ2) is 10.3. The molecule has 0 saturated heterocycles. The van der Waals surface area contributed by atoms with Crippen molar-refractivity contribution in [2.24, 2.45) is 0 Å². The topological polar surface area (TPSA) is 3.24 Å². The van der Waals surface area contributed by atoms with Crippen molar-refractivity contribution in [2.75, 3.05) is 4.90 Å². The highest BCUT2D eigenvalue weighted by molar-refractivity contribution is 6.25. The summed E-state index contributed by atoms with van der Waals surface area (Å²) in [6, 6.07) is 58.2. The van der Waals surface area contributed by atoms with Gasteiger partial charge in [0.15, 0.2) is 0 Å². The zero-order valence-electron chi connectivity index (χ0n) is 25.9. The molecule has 1 heteroatoms. The van der Waals surface area contributed by atoms with Gasteiger partial charge in [0.2, 0.25) is 0 Å². The summed E-state index contributed by atoms with van der Waals surface area (Å²) in [5.41, 5.74) is 19.6. The maximum absolute atomic E-state index is 2.48. The molecule has 0 saturated carbocycles. The largest absolute Gasteiger partial charge is 0.310 e. The summed E-state index contributed by atoms with van der Waals surface area (Å²) in [5, 5.41) is 2.51. The zero-order chi connectivity index (χ0) is 30.9. The van der Waals surface area contributed by atoms with Crippen LogP contribution in [0.15, 0.2) is 164 Å². The fourth-order valence-electron chi connectivity index (χ4n) is 8.30. The van der Waals surface area contributed by atoms with Gasteiger partial charge in [-0.25, -0.2) is 0 Å². The van der Waals surface area contributed by atoms with Crippen LogP contribution in [0.2, 0.25) is 0 Å². The lowest BCUT2D eigenvalue weighted by molar-refractivity contribution is 1.06. The number of fused-ring (bicyclic) bond motifs is 5. The number of rotatable bonds is 4. The highest BCUT2D eigenvalue weighted by Gasteiger charge is 2.34. The quantitative estimate of drug-likeness (QED) is 0.195. The molecule has 0 heterocycles. The molecule has 7 aromatic carbocycles. The van der Waals surface area contributed by atoms with Crippen LogP contribution in [0.1, 0.15) is 29.5 Å². The Kier molecular flexibility index (Phi) is 5.77. The number of hydrogen-bond donors (Lipinski definition) is 0. The fourth-order valence-corrected chi connectivity index (χ4v) is 8.30. The third-order valence-electron chi connectivity index (χ3n) is 10.3. The summed E-state index contributed by atoms with van der Waals surface area (Å²) < 4.78 is 0. The lowest BCUT2D eigenvalue weighted by Gasteiger charge is -2.30. The first-order valence-corrected chi connectivity index (χ1v) is 16.6. The van der Waals surface area contributed by atoms with Gasteiger partial charge in [0.1, 0.15) is 0 Å². The minimum Gasteiger partial charge on any atom is -0.310 e. The number of anilines is 3. The maximum Gasteiger partial charge on any atom is 0.0540 e. The van der Waals surface area contributed by atoms with E-state index in [1.807, 2.05) is 0 Å². The molecule has 0 fully saturated rings. The smallest absolute Gasteiger partial charge is 0.0540 e. The summed E-state index contributed by atoms with van der Waals surface area (Å²) in [7, 11) is 0. The first-order chi connectivity index (χ1) is 23.3. The second-order valence-electron chi connectivity index (χ2n) is 12.7. The van der Waals surface area contributed by atoms with Crippen LogP contribution in [0.25, 0.3) is 60.9 Å². The van der Waals surface area contributed by atoms with Crippen molar-refractivity contribution < 1.29 is 0 Å². The normalized spacial score (nSPS) is 13.8. The summed E-state index contributed by atoms with van der Waals surface area (Å²) in [5.74, 6) is 0. The Morgan fingerprint density at radius 2 is 1.11 bits per heavy atom. The van der Waals surface area contributed by atoms with Crippen molar-refractivity contribution >= 4 is 44.6 Å². The molecule has 0 spiro atoms. The standard InChI is InChI=1S/C46H31N/c1-2-15-31(16-3-1)47(44-26-9-8-19-36(44)34-21-10-14-30-13-4-5-17-33(30)34)32-27-28-42-43(29-32)41-25-12-24-39-40-23-11-22-38(46(40)42)35-18-6-7-20-37(35)45(39)41/h1-10,12-21,23-29H,11,22H2. The molecular weight excluding hydrogens is 567 g/mol. The van der Waals surface area contributed by atoms with Crippen LogP contribution in [0.3, 0.4) is 0 Å². The van der Waals surface area contributed by atoms with Crippen LogP contribution in [0.4, 0.5) is 17.1 Å². The Hall–Kier alpha value is -5.92. The second-order valence-corrected chi connectivity index (χ2v) is 12.7. The molecule has 1 nitrogen and oxygen atoms in total. The summed E-state index contributed by atoms with van der Waals surface area (Å²) in [6.07, 6.45) is 4.62. The molecule has 0 aliphatic heterocycles. The molecule has 0 amide bonds. The Bertz CT molecular complexity index is 2460. The van der Waals surface area contributed by atoms with E-state index < -0.39 is 0 Å². The average molecular weight is 598 g/mol. The van der Waals surface area contributed by atoms with E-state index >= 15 is 0 Å². The average Bonchev–Trinajstić information content (AvgIpc) is 3.25. The van der Waals surface area contributed by atoms with Crippen molar-refractivity contribution in [2.45, 2.75) is 12.8 Å². The molecule has 0 N–H and O–H groups in total. The van der Waals surface area contributed by atoms with Crippen molar-refractivity contribution in [3.05, 3.63) is 180 Å². The van der Waals surface area contributed by atoms with Gasteiger partial charge in [-0.05, 0) is 115 Å². The van der Waals surface area contributed by atoms with Gasteiger partial charge in [-0.15, -0.1) is 0 Å². The molecule has 0 radical (unpaired) electrons. The molecule has 47 heavy (non-hydrogen) atoms. The molecule has 10 rings (SSSR count). The fraction of sp³-hybridized carbons (Fsp3) is 0.0435. The third kappa shape index (κ3) is 3.90. The minimum atomic E-state index is 1.06. The number of benzene rings is 7. The van der Waals surface area contributed by atoms with E-state index in [1.54, 1.807) is 0 Å².